The van der Waals surface area contributed by atoms with Gasteiger partial charge in [0.05, 0.1) is 39.5 Å². The van der Waals surface area contributed by atoms with Crippen LogP contribution in [0.4, 0.5) is 16.3 Å². The highest BCUT2D eigenvalue weighted by atomic mass is 35.5. The molecule has 2 aliphatic rings. The molecular weight excluding hydrogens is 782 g/mol. The Morgan fingerprint density at radius 3 is 1.45 bits per heavy atom. The van der Waals surface area contributed by atoms with Crippen LogP contribution in [0.2, 0.25) is 0 Å². The van der Waals surface area contributed by atoms with Gasteiger partial charge in [0.2, 0.25) is 17.7 Å². The van der Waals surface area contributed by atoms with Crippen LogP contribution in [0.5, 0.6) is 23.0 Å². The zero-order chi connectivity index (χ0) is 38.9. The van der Waals surface area contributed by atoms with E-state index in [-0.39, 0.29) is 48.4 Å². The number of benzene rings is 3. The van der Waals surface area contributed by atoms with Crippen molar-refractivity contribution in [1.29, 1.82) is 0 Å². The zero-order valence-electron chi connectivity index (χ0n) is 33.5. The van der Waals surface area contributed by atoms with E-state index < -0.39 is 5.82 Å². The molecule has 12 nitrogen and oxygen atoms in total. The van der Waals surface area contributed by atoms with Gasteiger partial charge in [-0.25, -0.2) is 30.0 Å². The van der Waals surface area contributed by atoms with Crippen LogP contribution >= 0.6 is 24.8 Å². The lowest BCUT2D eigenvalue weighted by Crippen LogP contribution is -2.59. The molecule has 2 aliphatic heterocycles. The third kappa shape index (κ3) is 10.4. The van der Waals surface area contributed by atoms with Gasteiger partial charge in [-0.1, -0.05) is 24.3 Å². The molecular formula is C43H53Cl2FN8O4. The van der Waals surface area contributed by atoms with Gasteiger partial charge in [-0.15, -0.1) is 24.8 Å². The van der Waals surface area contributed by atoms with Gasteiger partial charge in [0.15, 0.2) is 11.5 Å². The molecule has 0 atom stereocenters. The van der Waals surface area contributed by atoms with Crippen molar-refractivity contribution in [3.8, 4) is 45.3 Å². The van der Waals surface area contributed by atoms with E-state index in [2.05, 4.69) is 20.2 Å². The molecule has 0 bridgehead atoms. The van der Waals surface area contributed by atoms with Crippen LogP contribution in [0.25, 0.3) is 22.3 Å². The normalized spacial score (nSPS) is 14.8. The molecule has 0 unspecified atom stereocenters. The summed E-state index contributed by atoms with van der Waals surface area (Å²) in [6, 6.07) is 19.6. The fourth-order valence-electron chi connectivity index (χ4n) is 7.49. The molecule has 0 radical (unpaired) electrons. The maximum atomic E-state index is 15.1. The molecule has 0 spiro atoms. The highest BCUT2D eigenvalue weighted by Crippen LogP contribution is 2.34. The molecule has 2 aromatic heterocycles. The molecule has 2 saturated heterocycles. The monoisotopic (exact) mass is 834 g/mol. The van der Waals surface area contributed by atoms with Crippen molar-refractivity contribution in [2.24, 2.45) is 0 Å². The maximum absolute atomic E-state index is 15.1. The van der Waals surface area contributed by atoms with Crippen molar-refractivity contribution in [3.05, 3.63) is 96.8 Å². The number of hydrogen-bond donors (Lipinski definition) is 1. The topological polar surface area (TPSA) is 110 Å². The van der Waals surface area contributed by atoms with Crippen molar-refractivity contribution < 1.29 is 23.3 Å². The van der Waals surface area contributed by atoms with E-state index >= 15 is 4.39 Å². The number of likely N-dealkylation sites (tertiary alicyclic amines) is 1. The molecule has 7 rings (SSSR count). The summed E-state index contributed by atoms with van der Waals surface area (Å²) in [6.45, 7) is 8.50. The summed E-state index contributed by atoms with van der Waals surface area (Å²) in [5, 5.41) is 8.03. The third-order valence-corrected chi connectivity index (χ3v) is 10.4. The quantitative estimate of drug-likeness (QED) is 0.103. The van der Waals surface area contributed by atoms with E-state index in [0.717, 1.165) is 91.2 Å². The van der Waals surface area contributed by atoms with Crippen LogP contribution in [0.3, 0.4) is 0 Å². The summed E-state index contributed by atoms with van der Waals surface area (Å²) in [4.78, 5) is 22.5. The molecule has 0 aliphatic carbocycles. The van der Waals surface area contributed by atoms with E-state index in [0.29, 0.717) is 31.7 Å². The van der Waals surface area contributed by atoms with Crippen molar-refractivity contribution >= 4 is 36.7 Å². The van der Waals surface area contributed by atoms with E-state index in [1.165, 1.54) is 0 Å². The van der Waals surface area contributed by atoms with Crippen molar-refractivity contribution in [2.45, 2.75) is 58.2 Å². The molecule has 1 N–H and O–H groups in total. The number of halogens is 3. The van der Waals surface area contributed by atoms with Crippen LogP contribution in [0, 0.1) is 5.82 Å². The SMILES string of the molecule is CCOc1cc(CN2CCC(N(c3ncc(-c4ccc(OC)cc4)cn3)N(c3ncc(-c4ccc(OC)cc4)cn3)C3CCNCC3)CC2)cc(OCC)c1F.Cl.Cl. The summed E-state index contributed by atoms with van der Waals surface area (Å²) in [7, 11) is 3.33. The standard InChI is InChI=1S/C43H51FN8O4.2ClH/c1-5-55-39-23-30(24-40(41(39)44)56-6-2)29-50-21-17-36(18-22-50)52(43-48-27-34(28-49-43)32-9-13-38(54-4)14-10-32)51(35-15-19-45-20-16-35)42-46-25-33(26-47-42)31-7-11-37(53-3)12-8-31;;/h7-14,23-28,35-36,45H,5-6,15-22,29H2,1-4H3;2*1H. The van der Waals surface area contributed by atoms with Gasteiger partial charge in [0, 0.05) is 55.5 Å². The smallest absolute Gasteiger partial charge is 0.244 e. The van der Waals surface area contributed by atoms with Crippen molar-refractivity contribution in [3.63, 3.8) is 0 Å². The number of nitrogens with zero attached hydrogens (tertiary/aromatic N) is 7. The Bertz CT molecular complexity index is 1970. The average molecular weight is 836 g/mol. The summed E-state index contributed by atoms with van der Waals surface area (Å²) in [6.07, 6.45) is 11.1. The number of hydrazine groups is 1. The Labute approximate surface area is 352 Å². The Hall–Kier alpha value is -4.95. The van der Waals surface area contributed by atoms with E-state index in [4.69, 9.17) is 38.9 Å². The fraction of sp³-hybridized carbons (Fsp3) is 0.395. The first kappa shape index (κ1) is 44.2. The van der Waals surface area contributed by atoms with Crippen LogP contribution in [-0.4, -0.2) is 90.5 Å². The van der Waals surface area contributed by atoms with Crippen molar-refractivity contribution in [1.82, 2.24) is 30.2 Å². The molecule has 3 aromatic carbocycles. The highest BCUT2D eigenvalue weighted by Gasteiger charge is 2.37. The molecule has 15 heteroatoms. The van der Waals surface area contributed by atoms with E-state index in [9.17, 15) is 0 Å². The minimum Gasteiger partial charge on any atom is -0.497 e. The predicted molar refractivity (Wildman–Crippen MR) is 230 cm³/mol. The van der Waals surface area contributed by atoms with Gasteiger partial charge in [0.1, 0.15) is 11.5 Å². The van der Waals surface area contributed by atoms with Gasteiger partial charge in [0.25, 0.3) is 0 Å². The van der Waals surface area contributed by atoms with E-state index in [1.54, 1.807) is 26.4 Å². The molecule has 5 aromatic rings. The molecule has 2 fully saturated rings. The molecule has 58 heavy (non-hydrogen) atoms. The number of ether oxygens (including phenoxy) is 4. The number of methoxy groups -OCH3 is 2. The van der Waals surface area contributed by atoms with Gasteiger partial charge < -0.3 is 24.3 Å². The van der Waals surface area contributed by atoms with Gasteiger partial charge >= 0.3 is 0 Å². The third-order valence-electron chi connectivity index (χ3n) is 10.4. The first-order valence-electron chi connectivity index (χ1n) is 19.5. The van der Waals surface area contributed by atoms with E-state index in [1.807, 2.05) is 87.2 Å². The van der Waals surface area contributed by atoms with Gasteiger partial charge in [-0.3, -0.25) is 4.90 Å². The lowest BCUT2D eigenvalue weighted by molar-refractivity contribution is 0.196. The highest BCUT2D eigenvalue weighted by molar-refractivity contribution is 5.85. The second kappa shape index (κ2) is 21.2. The van der Waals surface area contributed by atoms with Crippen LogP contribution < -0.4 is 34.3 Å². The number of aromatic nitrogens is 4. The largest absolute Gasteiger partial charge is 0.497 e. The predicted octanol–water partition coefficient (Wildman–Crippen LogP) is 8.04. The summed E-state index contributed by atoms with van der Waals surface area (Å²) >= 11 is 0. The van der Waals surface area contributed by atoms with Crippen LogP contribution in [0.1, 0.15) is 45.1 Å². The Kier molecular flexibility index (Phi) is 16.1. The number of nitrogens with one attached hydrogen (secondary N) is 1. The Morgan fingerprint density at radius 2 is 1.05 bits per heavy atom. The summed E-state index contributed by atoms with van der Waals surface area (Å²) in [5.41, 5.74) is 4.80. The second-order valence-electron chi connectivity index (χ2n) is 14.0. The summed E-state index contributed by atoms with van der Waals surface area (Å²) in [5.74, 6) is 2.79. The average Bonchev–Trinajstić information content (AvgIpc) is 3.25. The number of piperidine rings is 2. The minimum absolute atomic E-state index is 0. The lowest BCUT2D eigenvalue weighted by atomic mass is 10.0. The van der Waals surface area contributed by atoms with Gasteiger partial charge in [-0.05, 0) is 106 Å². The molecule has 0 amide bonds. The maximum Gasteiger partial charge on any atom is 0.244 e. The first-order valence-corrected chi connectivity index (χ1v) is 19.5. The van der Waals surface area contributed by atoms with Crippen LogP contribution in [-0.2, 0) is 6.54 Å². The lowest BCUT2D eigenvalue weighted by Gasteiger charge is -2.47. The zero-order valence-corrected chi connectivity index (χ0v) is 35.1. The van der Waals surface area contributed by atoms with Crippen LogP contribution in [0.15, 0.2) is 85.5 Å². The molecule has 310 valence electrons. The Balaban J connectivity index is 0.00000320. The first-order chi connectivity index (χ1) is 27.5. The number of rotatable bonds is 15. The Morgan fingerprint density at radius 1 is 0.638 bits per heavy atom. The number of anilines is 2. The fourth-order valence-corrected chi connectivity index (χ4v) is 7.49. The molecule has 0 saturated carbocycles. The van der Waals surface area contributed by atoms with Gasteiger partial charge in [-0.2, -0.15) is 4.39 Å². The minimum atomic E-state index is -0.456. The molecule has 4 heterocycles. The van der Waals surface area contributed by atoms with Crippen molar-refractivity contribution in [2.75, 3.05) is 63.6 Å². The second-order valence-corrected chi connectivity index (χ2v) is 14.0. The number of hydrogen-bond acceptors (Lipinski definition) is 12. The summed E-state index contributed by atoms with van der Waals surface area (Å²) < 4.78 is 37.1.